The molecule has 14 heavy (non-hydrogen) atoms. The van der Waals surface area contributed by atoms with Crippen LogP contribution in [0.1, 0.15) is 12.6 Å². The van der Waals surface area contributed by atoms with Crippen LogP contribution < -0.4 is 5.32 Å². The molecular formula is C9H19N5. The summed E-state index contributed by atoms with van der Waals surface area (Å²) in [5, 5.41) is 11.2. The average Bonchev–Trinajstić information content (AvgIpc) is 2.52. The lowest BCUT2D eigenvalue weighted by Gasteiger charge is -2.14. The molecule has 0 saturated heterocycles. The van der Waals surface area contributed by atoms with Gasteiger partial charge in [0.15, 0.2) is 0 Å². The molecule has 1 aromatic rings. The molecule has 5 nitrogen and oxygen atoms in total. The van der Waals surface area contributed by atoms with Gasteiger partial charge < -0.3 is 5.32 Å². The zero-order valence-electron chi connectivity index (χ0n) is 9.19. The molecule has 0 spiro atoms. The lowest BCUT2D eigenvalue weighted by molar-refractivity contribution is 0.321. The topological polar surface area (TPSA) is 46.0 Å². The standard InChI is InChI=1S/C9H19N5/c1-4-10-5-6-13(2)7-9-8-14(3)12-11-9/h8,10H,4-7H2,1-3H3. The van der Waals surface area contributed by atoms with E-state index in [-0.39, 0.29) is 0 Å². The van der Waals surface area contributed by atoms with Gasteiger partial charge in [0.05, 0.1) is 5.69 Å². The second-order valence-electron chi connectivity index (χ2n) is 3.47. The first-order valence-corrected chi connectivity index (χ1v) is 4.97. The average molecular weight is 197 g/mol. The van der Waals surface area contributed by atoms with E-state index in [2.05, 4.69) is 34.5 Å². The van der Waals surface area contributed by atoms with Gasteiger partial charge >= 0.3 is 0 Å². The lowest BCUT2D eigenvalue weighted by atomic mass is 10.4. The molecule has 0 bridgehead atoms. The summed E-state index contributed by atoms with van der Waals surface area (Å²) in [6, 6.07) is 0. The van der Waals surface area contributed by atoms with Gasteiger partial charge in [-0.3, -0.25) is 9.58 Å². The normalized spacial score (nSPS) is 11.1. The van der Waals surface area contributed by atoms with E-state index in [1.54, 1.807) is 4.68 Å². The number of nitrogens with zero attached hydrogens (tertiary/aromatic N) is 4. The molecular weight excluding hydrogens is 178 g/mol. The number of rotatable bonds is 6. The fourth-order valence-electron chi connectivity index (χ4n) is 1.27. The van der Waals surface area contributed by atoms with Gasteiger partial charge in [0.25, 0.3) is 0 Å². The van der Waals surface area contributed by atoms with Gasteiger partial charge in [-0.15, -0.1) is 5.10 Å². The van der Waals surface area contributed by atoms with Crippen LogP contribution in [0.15, 0.2) is 6.20 Å². The first-order valence-electron chi connectivity index (χ1n) is 4.97. The molecule has 0 saturated carbocycles. The Morgan fingerprint density at radius 2 is 2.36 bits per heavy atom. The molecule has 1 rings (SSSR count). The summed E-state index contributed by atoms with van der Waals surface area (Å²) < 4.78 is 1.73. The Labute approximate surface area is 85.1 Å². The van der Waals surface area contributed by atoms with Crippen LogP contribution in [-0.2, 0) is 13.6 Å². The van der Waals surface area contributed by atoms with E-state index in [4.69, 9.17) is 0 Å². The van der Waals surface area contributed by atoms with Crippen molar-refractivity contribution in [1.82, 2.24) is 25.2 Å². The molecule has 0 aliphatic heterocycles. The van der Waals surface area contributed by atoms with E-state index in [9.17, 15) is 0 Å². The number of hydrogen-bond acceptors (Lipinski definition) is 4. The van der Waals surface area contributed by atoms with Crippen LogP contribution in [-0.4, -0.2) is 46.6 Å². The predicted octanol–water partition coefficient (Wildman–Crippen LogP) is -0.144. The Hall–Kier alpha value is -0.940. The first kappa shape index (κ1) is 11.1. The van der Waals surface area contributed by atoms with Crippen LogP contribution in [0.4, 0.5) is 0 Å². The molecule has 0 aromatic carbocycles. The van der Waals surface area contributed by atoms with Gasteiger partial charge in [-0.25, -0.2) is 0 Å². The largest absolute Gasteiger partial charge is 0.316 e. The summed E-state index contributed by atoms with van der Waals surface area (Å²) in [6.07, 6.45) is 1.95. The maximum absolute atomic E-state index is 4.03. The maximum atomic E-state index is 4.03. The number of hydrogen-bond donors (Lipinski definition) is 1. The highest BCUT2D eigenvalue weighted by atomic mass is 15.4. The van der Waals surface area contributed by atoms with Gasteiger partial charge in [0, 0.05) is 32.9 Å². The van der Waals surface area contributed by atoms with E-state index < -0.39 is 0 Å². The maximum Gasteiger partial charge on any atom is 0.0966 e. The Kier molecular flexibility index (Phi) is 4.55. The lowest BCUT2D eigenvalue weighted by Crippen LogP contribution is -2.28. The summed E-state index contributed by atoms with van der Waals surface area (Å²) in [7, 11) is 3.97. The number of nitrogens with one attached hydrogen (secondary N) is 1. The Morgan fingerprint density at radius 3 is 2.93 bits per heavy atom. The highest BCUT2D eigenvalue weighted by Crippen LogP contribution is 1.96. The number of aromatic nitrogens is 3. The monoisotopic (exact) mass is 197 g/mol. The molecule has 1 aromatic heterocycles. The van der Waals surface area contributed by atoms with Crippen LogP contribution in [0, 0.1) is 0 Å². The smallest absolute Gasteiger partial charge is 0.0966 e. The fourth-order valence-corrected chi connectivity index (χ4v) is 1.27. The third-order valence-corrected chi connectivity index (χ3v) is 2.00. The summed E-state index contributed by atoms with van der Waals surface area (Å²) >= 11 is 0. The molecule has 0 amide bonds. The minimum Gasteiger partial charge on any atom is -0.316 e. The minimum absolute atomic E-state index is 0.860. The Bertz CT molecular complexity index is 257. The molecule has 1 N–H and O–H groups in total. The van der Waals surface area contributed by atoms with Crippen molar-refractivity contribution in [3.63, 3.8) is 0 Å². The van der Waals surface area contributed by atoms with Gasteiger partial charge in [-0.2, -0.15) is 0 Å². The van der Waals surface area contributed by atoms with Crippen molar-refractivity contribution in [2.24, 2.45) is 7.05 Å². The molecule has 0 aliphatic carbocycles. The molecule has 0 atom stereocenters. The van der Waals surface area contributed by atoms with Crippen molar-refractivity contribution in [3.8, 4) is 0 Å². The van der Waals surface area contributed by atoms with Crippen molar-refractivity contribution >= 4 is 0 Å². The molecule has 1 heterocycles. The summed E-state index contributed by atoms with van der Waals surface area (Å²) in [5.74, 6) is 0. The molecule has 0 fully saturated rings. The fraction of sp³-hybridized carbons (Fsp3) is 0.778. The first-order chi connectivity index (χ1) is 6.72. The van der Waals surface area contributed by atoms with Crippen molar-refractivity contribution < 1.29 is 0 Å². The van der Waals surface area contributed by atoms with Crippen LogP contribution in [0.2, 0.25) is 0 Å². The molecule has 5 heteroatoms. The molecule has 0 unspecified atom stereocenters. The van der Waals surface area contributed by atoms with Crippen LogP contribution in [0.3, 0.4) is 0 Å². The second kappa shape index (κ2) is 5.72. The highest BCUT2D eigenvalue weighted by molar-refractivity contribution is 4.91. The summed E-state index contributed by atoms with van der Waals surface area (Å²) in [5.41, 5.74) is 1.02. The Balaban J connectivity index is 2.23. The van der Waals surface area contributed by atoms with E-state index >= 15 is 0 Å². The van der Waals surface area contributed by atoms with Crippen molar-refractivity contribution in [3.05, 3.63) is 11.9 Å². The van der Waals surface area contributed by atoms with E-state index in [0.717, 1.165) is 31.9 Å². The van der Waals surface area contributed by atoms with Crippen LogP contribution in [0.25, 0.3) is 0 Å². The molecule has 80 valence electrons. The third-order valence-electron chi connectivity index (χ3n) is 2.00. The van der Waals surface area contributed by atoms with Crippen molar-refractivity contribution in [1.29, 1.82) is 0 Å². The quantitative estimate of drug-likeness (QED) is 0.645. The summed E-state index contributed by atoms with van der Waals surface area (Å²) in [4.78, 5) is 2.23. The van der Waals surface area contributed by atoms with Gasteiger partial charge in [-0.05, 0) is 13.6 Å². The van der Waals surface area contributed by atoms with Crippen LogP contribution >= 0.6 is 0 Å². The van der Waals surface area contributed by atoms with Gasteiger partial charge in [-0.1, -0.05) is 12.1 Å². The summed E-state index contributed by atoms with van der Waals surface area (Å²) in [6.45, 7) is 6.05. The second-order valence-corrected chi connectivity index (χ2v) is 3.47. The Morgan fingerprint density at radius 1 is 1.57 bits per heavy atom. The zero-order chi connectivity index (χ0) is 10.4. The van der Waals surface area contributed by atoms with Gasteiger partial charge in [0.2, 0.25) is 0 Å². The van der Waals surface area contributed by atoms with E-state index in [0.29, 0.717) is 0 Å². The molecule has 0 radical (unpaired) electrons. The minimum atomic E-state index is 0.860. The van der Waals surface area contributed by atoms with Crippen LogP contribution in [0.5, 0.6) is 0 Å². The highest BCUT2D eigenvalue weighted by Gasteiger charge is 2.02. The SMILES string of the molecule is CCNCCN(C)Cc1cn(C)nn1. The van der Waals surface area contributed by atoms with Crippen molar-refractivity contribution in [2.75, 3.05) is 26.7 Å². The van der Waals surface area contributed by atoms with E-state index in [1.807, 2.05) is 13.2 Å². The molecule has 0 aliphatic rings. The number of aryl methyl sites for hydroxylation is 1. The third kappa shape index (κ3) is 3.85. The van der Waals surface area contributed by atoms with E-state index in [1.165, 1.54) is 0 Å². The number of likely N-dealkylation sites (N-methyl/N-ethyl adjacent to an activating group) is 2. The zero-order valence-corrected chi connectivity index (χ0v) is 9.19. The predicted molar refractivity (Wildman–Crippen MR) is 55.9 cm³/mol. The van der Waals surface area contributed by atoms with Crippen molar-refractivity contribution in [2.45, 2.75) is 13.5 Å². The van der Waals surface area contributed by atoms with Gasteiger partial charge in [0.1, 0.15) is 0 Å².